The number of rotatable bonds is 4. The van der Waals surface area contributed by atoms with Crippen molar-refractivity contribution in [1.82, 2.24) is 10.1 Å². The van der Waals surface area contributed by atoms with Crippen LogP contribution in [-0.2, 0) is 6.18 Å². The van der Waals surface area contributed by atoms with E-state index in [1.807, 2.05) is 0 Å². The lowest BCUT2D eigenvalue weighted by Crippen LogP contribution is -2.04. The van der Waals surface area contributed by atoms with Gasteiger partial charge in [-0.15, -0.1) is 0 Å². The predicted molar refractivity (Wildman–Crippen MR) is 76.6 cm³/mol. The molecule has 1 aromatic heterocycles. The molecule has 0 saturated carbocycles. The Morgan fingerprint density at radius 3 is 2.42 bits per heavy atom. The standard InChI is InChI=1S/C16H10F3N2O3/c1-22-11-5-7-12(8-6-11)23-13-4-2-3-10(9-13)14-20-15(24-21-14)16(17,18)19/h2-3,5-9H,1H3. The molecule has 123 valence electrons. The number of nitrogens with zero attached hydrogens (tertiary/aromatic N) is 2. The van der Waals surface area contributed by atoms with E-state index in [-0.39, 0.29) is 5.82 Å². The zero-order chi connectivity index (χ0) is 17.2. The smallest absolute Gasteiger partial charge is 0.471 e. The molecular weight excluding hydrogens is 325 g/mol. The molecule has 0 aliphatic heterocycles. The second-order valence-corrected chi connectivity index (χ2v) is 4.64. The van der Waals surface area contributed by atoms with E-state index in [2.05, 4.69) is 20.7 Å². The Morgan fingerprint density at radius 2 is 1.79 bits per heavy atom. The number of hydrogen-bond donors (Lipinski definition) is 0. The van der Waals surface area contributed by atoms with Gasteiger partial charge in [0, 0.05) is 11.6 Å². The highest BCUT2D eigenvalue weighted by molar-refractivity contribution is 5.57. The van der Waals surface area contributed by atoms with Crippen molar-refractivity contribution in [3.63, 3.8) is 0 Å². The van der Waals surface area contributed by atoms with Crippen LogP contribution in [0.5, 0.6) is 17.2 Å². The van der Waals surface area contributed by atoms with Crippen LogP contribution in [0.3, 0.4) is 0 Å². The Balaban J connectivity index is 1.82. The van der Waals surface area contributed by atoms with Gasteiger partial charge in [0.25, 0.3) is 0 Å². The topological polar surface area (TPSA) is 57.4 Å². The fourth-order valence-electron chi connectivity index (χ4n) is 1.87. The van der Waals surface area contributed by atoms with Gasteiger partial charge in [0.15, 0.2) is 0 Å². The van der Waals surface area contributed by atoms with Gasteiger partial charge in [-0.2, -0.15) is 18.2 Å². The Bertz CT molecular complexity index is 829. The van der Waals surface area contributed by atoms with Crippen molar-refractivity contribution in [2.45, 2.75) is 6.18 Å². The fraction of sp³-hybridized carbons (Fsp3) is 0.125. The highest BCUT2D eigenvalue weighted by Gasteiger charge is 2.38. The molecule has 0 saturated heterocycles. The van der Waals surface area contributed by atoms with Crippen LogP contribution in [0.15, 0.2) is 47.0 Å². The summed E-state index contributed by atoms with van der Waals surface area (Å²) in [6.07, 6.45) is -4.69. The molecule has 0 aliphatic carbocycles. The van der Waals surface area contributed by atoms with E-state index in [4.69, 9.17) is 9.47 Å². The minimum Gasteiger partial charge on any atom is -0.497 e. The van der Waals surface area contributed by atoms with Gasteiger partial charge < -0.3 is 14.0 Å². The minimum atomic E-state index is -4.69. The maximum absolute atomic E-state index is 12.5. The summed E-state index contributed by atoms with van der Waals surface area (Å²) in [4.78, 5) is 3.33. The maximum Gasteiger partial charge on any atom is 0.471 e. The van der Waals surface area contributed by atoms with Crippen LogP contribution in [0.25, 0.3) is 11.4 Å². The lowest BCUT2D eigenvalue weighted by atomic mass is 10.2. The highest BCUT2D eigenvalue weighted by atomic mass is 19.4. The number of alkyl halides is 3. The van der Waals surface area contributed by atoms with Gasteiger partial charge >= 0.3 is 12.1 Å². The summed E-state index contributed by atoms with van der Waals surface area (Å²) in [7, 11) is 1.55. The normalized spacial score (nSPS) is 11.3. The molecule has 1 heterocycles. The first kappa shape index (κ1) is 15.9. The van der Waals surface area contributed by atoms with E-state index in [9.17, 15) is 13.2 Å². The SMILES string of the molecule is COc1ccc(Oc2[c]ccc(-c3noc(C(F)(F)F)n3)c2)cc1. The minimum absolute atomic E-state index is 0.184. The van der Waals surface area contributed by atoms with E-state index in [1.54, 1.807) is 31.4 Å². The van der Waals surface area contributed by atoms with Gasteiger partial charge in [-0.3, -0.25) is 0 Å². The molecule has 0 bridgehead atoms. The van der Waals surface area contributed by atoms with Gasteiger partial charge in [0.1, 0.15) is 17.2 Å². The molecule has 0 fully saturated rings. The summed E-state index contributed by atoms with van der Waals surface area (Å²) in [5, 5.41) is 3.33. The largest absolute Gasteiger partial charge is 0.497 e. The predicted octanol–water partition coefficient (Wildman–Crippen LogP) is 4.36. The summed E-state index contributed by atoms with van der Waals surface area (Å²) in [5.41, 5.74) is 0.316. The Labute approximate surface area is 134 Å². The molecule has 0 aliphatic rings. The van der Waals surface area contributed by atoms with Crippen molar-refractivity contribution in [2.75, 3.05) is 7.11 Å². The van der Waals surface area contributed by atoms with Crippen molar-refractivity contribution in [2.24, 2.45) is 0 Å². The van der Waals surface area contributed by atoms with Gasteiger partial charge in [-0.25, -0.2) is 0 Å². The van der Waals surface area contributed by atoms with Gasteiger partial charge in [0.05, 0.1) is 7.11 Å². The van der Waals surface area contributed by atoms with Gasteiger partial charge in [-0.05, 0) is 36.4 Å². The second-order valence-electron chi connectivity index (χ2n) is 4.64. The molecule has 1 radical (unpaired) electrons. The zero-order valence-electron chi connectivity index (χ0n) is 12.3. The fourth-order valence-corrected chi connectivity index (χ4v) is 1.87. The van der Waals surface area contributed by atoms with Crippen LogP contribution in [0.4, 0.5) is 13.2 Å². The molecule has 0 spiro atoms. The molecule has 3 rings (SSSR count). The second kappa shape index (κ2) is 6.23. The number of benzene rings is 2. The molecule has 24 heavy (non-hydrogen) atoms. The van der Waals surface area contributed by atoms with Crippen LogP contribution in [0.2, 0.25) is 0 Å². The van der Waals surface area contributed by atoms with Crippen molar-refractivity contribution in [3.05, 3.63) is 54.4 Å². The Kier molecular flexibility index (Phi) is 4.11. The van der Waals surface area contributed by atoms with E-state index in [0.29, 0.717) is 22.8 Å². The third kappa shape index (κ3) is 3.48. The van der Waals surface area contributed by atoms with Crippen molar-refractivity contribution in [3.8, 4) is 28.6 Å². The molecular formula is C16H10F3N2O3. The maximum atomic E-state index is 12.5. The zero-order valence-corrected chi connectivity index (χ0v) is 12.3. The average molecular weight is 335 g/mol. The summed E-state index contributed by atoms with van der Waals surface area (Å²) in [6.45, 7) is 0. The van der Waals surface area contributed by atoms with E-state index >= 15 is 0 Å². The first-order chi connectivity index (χ1) is 11.5. The molecule has 0 amide bonds. The quantitative estimate of drug-likeness (QED) is 0.709. The molecule has 2 aromatic carbocycles. The van der Waals surface area contributed by atoms with Crippen LogP contribution in [0, 0.1) is 6.07 Å². The number of ether oxygens (including phenoxy) is 2. The highest BCUT2D eigenvalue weighted by Crippen LogP contribution is 2.31. The first-order valence-electron chi connectivity index (χ1n) is 6.70. The molecule has 0 N–H and O–H groups in total. The molecule has 0 unspecified atom stereocenters. The van der Waals surface area contributed by atoms with Crippen LogP contribution >= 0.6 is 0 Å². The number of aromatic nitrogens is 2. The third-order valence-corrected chi connectivity index (χ3v) is 2.99. The lowest BCUT2D eigenvalue weighted by Gasteiger charge is -2.07. The summed E-state index contributed by atoms with van der Waals surface area (Å²) in [6, 6.07) is 14.1. The molecule has 5 nitrogen and oxygen atoms in total. The monoisotopic (exact) mass is 335 g/mol. The summed E-state index contributed by atoms with van der Waals surface area (Å²) >= 11 is 0. The van der Waals surface area contributed by atoms with Gasteiger partial charge in [-0.1, -0.05) is 11.2 Å². The van der Waals surface area contributed by atoms with Crippen LogP contribution in [-0.4, -0.2) is 17.3 Å². The van der Waals surface area contributed by atoms with Crippen molar-refractivity contribution < 1.29 is 27.2 Å². The first-order valence-corrected chi connectivity index (χ1v) is 6.70. The summed E-state index contributed by atoms with van der Waals surface area (Å²) in [5.74, 6) is -0.0882. The molecule has 0 atom stereocenters. The van der Waals surface area contributed by atoms with Crippen LogP contribution in [0.1, 0.15) is 5.89 Å². The summed E-state index contributed by atoms with van der Waals surface area (Å²) < 4.78 is 52.4. The van der Waals surface area contributed by atoms with E-state index in [1.165, 1.54) is 18.2 Å². The van der Waals surface area contributed by atoms with Crippen molar-refractivity contribution >= 4 is 0 Å². The van der Waals surface area contributed by atoms with E-state index in [0.717, 1.165) is 0 Å². The third-order valence-electron chi connectivity index (χ3n) is 2.99. The average Bonchev–Trinajstić information content (AvgIpc) is 3.06. The van der Waals surface area contributed by atoms with E-state index < -0.39 is 12.1 Å². The van der Waals surface area contributed by atoms with Crippen LogP contribution < -0.4 is 9.47 Å². The lowest BCUT2D eigenvalue weighted by molar-refractivity contribution is -0.159. The Hall–Kier alpha value is -3.03. The number of hydrogen-bond acceptors (Lipinski definition) is 5. The number of halogens is 3. The van der Waals surface area contributed by atoms with Gasteiger partial charge in [0.2, 0.25) is 5.82 Å². The number of methoxy groups -OCH3 is 1. The van der Waals surface area contributed by atoms with Crippen molar-refractivity contribution in [1.29, 1.82) is 0 Å². The molecule has 3 aromatic rings. The Morgan fingerprint density at radius 1 is 1.08 bits per heavy atom. The molecule has 8 heteroatoms.